The van der Waals surface area contributed by atoms with E-state index in [2.05, 4.69) is 15.6 Å². The minimum absolute atomic E-state index is 0.220. The van der Waals surface area contributed by atoms with Gasteiger partial charge in [-0.1, -0.05) is 54.9 Å². The maximum Gasteiger partial charge on any atom is 0.416 e. The van der Waals surface area contributed by atoms with Gasteiger partial charge in [-0.3, -0.25) is 10.1 Å². The Labute approximate surface area is 232 Å². The lowest BCUT2D eigenvalue weighted by molar-refractivity contribution is 0.0635. The van der Waals surface area contributed by atoms with Crippen molar-refractivity contribution in [3.8, 4) is 15.6 Å². The molecule has 3 aromatic rings. The Bertz CT molecular complexity index is 1310. The number of rotatable bonds is 6. The lowest BCUT2D eigenvalue weighted by Crippen LogP contribution is -2.39. The van der Waals surface area contributed by atoms with E-state index < -0.39 is 11.7 Å². The summed E-state index contributed by atoms with van der Waals surface area (Å²) < 4.78 is 10.9. The Balaban J connectivity index is 1.37. The van der Waals surface area contributed by atoms with Gasteiger partial charge in [-0.05, 0) is 57.9 Å². The second-order valence-electron chi connectivity index (χ2n) is 10.5. The van der Waals surface area contributed by atoms with E-state index in [1.165, 1.54) is 17.8 Å². The molecule has 0 spiro atoms. The maximum atomic E-state index is 12.9. The highest BCUT2D eigenvalue weighted by atomic mass is 32.1. The number of nitrogens with one attached hydrogen (secondary N) is 2. The molecule has 1 heterocycles. The van der Waals surface area contributed by atoms with E-state index in [4.69, 9.17) is 9.47 Å². The van der Waals surface area contributed by atoms with Crippen molar-refractivity contribution in [1.82, 2.24) is 9.88 Å². The van der Waals surface area contributed by atoms with Crippen LogP contribution in [0.25, 0.3) is 10.6 Å². The summed E-state index contributed by atoms with van der Waals surface area (Å²) in [6, 6.07) is 14.1. The first kappa shape index (κ1) is 28.1. The quantitative estimate of drug-likeness (QED) is 0.337. The van der Waals surface area contributed by atoms with Crippen molar-refractivity contribution < 1.29 is 23.9 Å². The molecular formula is C29H34N4O5S. The number of anilines is 2. The van der Waals surface area contributed by atoms with Crippen LogP contribution in [0.2, 0.25) is 0 Å². The van der Waals surface area contributed by atoms with Crippen LogP contribution in [0, 0.1) is 0 Å². The molecule has 1 aliphatic carbocycles. The maximum absolute atomic E-state index is 12.9. The molecule has 1 aromatic heterocycles. The number of nitrogens with zero attached hydrogens (tertiary/aromatic N) is 2. The van der Waals surface area contributed by atoms with Gasteiger partial charge in [0.25, 0.3) is 5.91 Å². The molecule has 39 heavy (non-hydrogen) atoms. The van der Waals surface area contributed by atoms with Crippen molar-refractivity contribution in [1.29, 1.82) is 0 Å². The van der Waals surface area contributed by atoms with Crippen LogP contribution in [-0.2, 0) is 4.74 Å². The lowest BCUT2D eigenvalue weighted by Gasteiger charge is -2.30. The monoisotopic (exact) mass is 550 g/mol. The fourth-order valence-electron chi connectivity index (χ4n) is 4.29. The molecule has 10 heteroatoms. The van der Waals surface area contributed by atoms with Gasteiger partial charge < -0.3 is 19.7 Å². The van der Waals surface area contributed by atoms with Gasteiger partial charge in [-0.2, -0.15) is 0 Å². The van der Waals surface area contributed by atoms with Gasteiger partial charge in [-0.25, -0.2) is 14.6 Å². The highest BCUT2D eigenvalue weighted by Crippen LogP contribution is 2.31. The molecule has 4 rings (SSSR count). The number of aromatic nitrogens is 1. The van der Waals surface area contributed by atoms with Crippen molar-refractivity contribution in [2.75, 3.05) is 17.7 Å². The molecule has 3 amide bonds. The summed E-state index contributed by atoms with van der Waals surface area (Å²) in [5, 5.41) is 6.61. The third kappa shape index (κ3) is 7.79. The van der Waals surface area contributed by atoms with E-state index >= 15 is 0 Å². The van der Waals surface area contributed by atoms with E-state index in [-0.39, 0.29) is 18.0 Å². The molecule has 2 aromatic carbocycles. The SMILES string of the molecule is CN(C(=O)Oc1cnc(-c2ccc(C(=O)Nc3ccccc3NC(=O)OC(C)(C)C)cc2)s1)C1CCCCC1. The number of hydrogen-bond donors (Lipinski definition) is 2. The predicted octanol–water partition coefficient (Wildman–Crippen LogP) is 7.17. The molecule has 0 bridgehead atoms. The fourth-order valence-corrected chi connectivity index (χ4v) is 5.06. The first-order chi connectivity index (χ1) is 18.6. The number of carbonyl (C=O) groups excluding carboxylic acids is 3. The van der Waals surface area contributed by atoms with Crippen molar-refractivity contribution in [2.24, 2.45) is 0 Å². The van der Waals surface area contributed by atoms with Gasteiger partial charge in [-0.15, -0.1) is 0 Å². The summed E-state index contributed by atoms with van der Waals surface area (Å²) >= 11 is 1.27. The molecule has 0 aliphatic heterocycles. The zero-order chi connectivity index (χ0) is 28.0. The predicted molar refractivity (Wildman–Crippen MR) is 152 cm³/mol. The highest BCUT2D eigenvalue weighted by molar-refractivity contribution is 7.16. The van der Waals surface area contributed by atoms with Crippen LogP contribution in [0.3, 0.4) is 0 Å². The summed E-state index contributed by atoms with van der Waals surface area (Å²) in [6.07, 6.45) is 6.07. The minimum Gasteiger partial charge on any atom is -0.444 e. The second-order valence-corrected chi connectivity index (χ2v) is 11.5. The number of benzene rings is 2. The minimum atomic E-state index is -0.644. The van der Waals surface area contributed by atoms with Crippen LogP contribution in [0.4, 0.5) is 21.0 Å². The van der Waals surface area contributed by atoms with E-state index in [1.807, 2.05) is 0 Å². The summed E-state index contributed by atoms with van der Waals surface area (Å²) in [7, 11) is 1.79. The van der Waals surface area contributed by atoms with Gasteiger partial charge >= 0.3 is 12.2 Å². The topological polar surface area (TPSA) is 110 Å². The van der Waals surface area contributed by atoms with Gasteiger partial charge in [0, 0.05) is 24.2 Å². The molecule has 1 aliphatic rings. The Morgan fingerprint density at radius 3 is 2.23 bits per heavy atom. The number of thiazole rings is 1. The third-order valence-corrected chi connectivity index (χ3v) is 7.21. The van der Waals surface area contributed by atoms with Crippen molar-refractivity contribution in [2.45, 2.75) is 64.5 Å². The zero-order valence-electron chi connectivity index (χ0n) is 22.7. The Kier molecular flexibility index (Phi) is 8.86. The van der Waals surface area contributed by atoms with Crippen LogP contribution in [0.15, 0.2) is 54.7 Å². The molecule has 1 fully saturated rings. The number of hydrogen-bond acceptors (Lipinski definition) is 7. The normalized spacial score (nSPS) is 13.8. The molecule has 9 nitrogen and oxygen atoms in total. The van der Waals surface area contributed by atoms with Crippen LogP contribution >= 0.6 is 11.3 Å². The van der Waals surface area contributed by atoms with Crippen LogP contribution in [0.1, 0.15) is 63.2 Å². The lowest BCUT2D eigenvalue weighted by atomic mass is 9.95. The fraction of sp³-hybridized carbons (Fsp3) is 0.379. The van der Waals surface area contributed by atoms with Gasteiger partial charge in [0.05, 0.1) is 17.6 Å². The van der Waals surface area contributed by atoms with E-state index in [0.717, 1.165) is 31.2 Å². The smallest absolute Gasteiger partial charge is 0.416 e. The first-order valence-corrected chi connectivity index (χ1v) is 13.8. The molecule has 206 valence electrons. The summed E-state index contributed by atoms with van der Waals surface area (Å²) in [5.74, 6) is -0.334. The summed E-state index contributed by atoms with van der Waals surface area (Å²) in [6.45, 7) is 5.33. The zero-order valence-corrected chi connectivity index (χ0v) is 23.5. The molecule has 0 radical (unpaired) electrons. The first-order valence-electron chi connectivity index (χ1n) is 13.0. The van der Waals surface area contributed by atoms with E-state index in [1.54, 1.807) is 87.4 Å². The third-order valence-electron chi connectivity index (χ3n) is 6.29. The van der Waals surface area contributed by atoms with E-state index in [9.17, 15) is 14.4 Å². The molecule has 0 unspecified atom stereocenters. The van der Waals surface area contributed by atoms with Gasteiger partial charge in [0.2, 0.25) is 5.06 Å². The Hall–Kier alpha value is -3.92. The molecule has 0 atom stereocenters. The Morgan fingerprint density at radius 1 is 0.949 bits per heavy atom. The standard InChI is InChI=1S/C29H34N4O5S/c1-29(2,3)38-27(35)32-23-13-9-8-12-22(23)31-25(34)19-14-16-20(17-15-19)26-30-18-24(39-26)37-28(36)33(4)21-10-6-5-7-11-21/h8-9,12-18,21H,5-7,10-11H2,1-4H3,(H,31,34)(H,32,35). The average molecular weight is 551 g/mol. The molecule has 2 N–H and O–H groups in total. The number of carbonyl (C=O) groups is 3. The van der Waals surface area contributed by atoms with Crippen molar-refractivity contribution in [3.63, 3.8) is 0 Å². The summed E-state index contributed by atoms with van der Waals surface area (Å²) in [4.78, 5) is 43.8. The van der Waals surface area contributed by atoms with E-state index in [0.29, 0.717) is 27.0 Å². The number of ether oxygens (including phenoxy) is 2. The van der Waals surface area contributed by atoms with Crippen LogP contribution in [0.5, 0.6) is 5.06 Å². The highest BCUT2D eigenvalue weighted by Gasteiger charge is 2.24. The average Bonchev–Trinajstić information content (AvgIpc) is 3.37. The van der Waals surface area contributed by atoms with Crippen molar-refractivity contribution >= 4 is 40.8 Å². The van der Waals surface area contributed by atoms with Crippen molar-refractivity contribution in [3.05, 3.63) is 60.3 Å². The summed E-state index contributed by atoms with van der Waals surface area (Å²) in [5.41, 5.74) is 1.46. The molecular weight excluding hydrogens is 516 g/mol. The van der Waals surface area contributed by atoms with Crippen LogP contribution in [-0.4, -0.2) is 46.7 Å². The van der Waals surface area contributed by atoms with Gasteiger partial charge in [0.15, 0.2) is 0 Å². The number of para-hydroxylation sites is 2. The number of amides is 3. The van der Waals surface area contributed by atoms with Gasteiger partial charge in [0.1, 0.15) is 10.6 Å². The Morgan fingerprint density at radius 2 is 1.59 bits per heavy atom. The largest absolute Gasteiger partial charge is 0.444 e. The van der Waals surface area contributed by atoms with Crippen LogP contribution < -0.4 is 15.4 Å². The molecule has 1 saturated carbocycles. The second kappa shape index (κ2) is 12.3. The molecule has 0 saturated heterocycles.